The largest absolute Gasteiger partial charge is 0.390 e. The summed E-state index contributed by atoms with van der Waals surface area (Å²) in [6, 6.07) is -0.276. The van der Waals surface area contributed by atoms with Crippen molar-refractivity contribution in [3.8, 4) is 0 Å². The second kappa shape index (κ2) is 11.2. The summed E-state index contributed by atoms with van der Waals surface area (Å²) in [5, 5.41) is 20.0. The molecule has 0 spiro atoms. The fourth-order valence-corrected chi connectivity index (χ4v) is 2.78. The molecule has 5 heteroatoms. The molecule has 1 rings (SSSR count). The van der Waals surface area contributed by atoms with Crippen LogP contribution in [0.15, 0.2) is 0 Å². The maximum absolute atomic E-state index is 10.0. The topological polar surface area (TPSA) is 66.5 Å². The van der Waals surface area contributed by atoms with E-state index in [2.05, 4.69) is 0 Å². The normalized spacial score (nSPS) is 22.6. The number of rotatable bonds is 6. The van der Waals surface area contributed by atoms with Crippen LogP contribution in [0.3, 0.4) is 0 Å². The van der Waals surface area contributed by atoms with Gasteiger partial charge in [0.2, 0.25) is 0 Å². The van der Waals surface area contributed by atoms with Crippen molar-refractivity contribution in [1.82, 2.24) is 0 Å². The minimum Gasteiger partial charge on any atom is -0.390 e. The Morgan fingerprint density at radius 3 is 2.05 bits per heavy atom. The summed E-state index contributed by atoms with van der Waals surface area (Å²) < 4.78 is 0. The van der Waals surface area contributed by atoms with Gasteiger partial charge in [-0.25, -0.2) is 0 Å². The predicted molar refractivity (Wildman–Crippen MR) is 85.1 cm³/mol. The highest BCUT2D eigenvalue weighted by atomic mass is 35.5. The van der Waals surface area contributed by atoms with Crippen molar-refractivity contribution >= 4 is 24.8 Å². The smallest absolute Gasteiger partial charge is 0.0952 e. The van der Waals surface area contributed by atoms with Crippen molar-refractivity contribution in [2.75, 3.05) is 0 Å². The molecule has 0 heterocycles. The van der Waals surface area contributed by atoms with Crippen LogP contribution < -0.4 is 5.73 Å². The van der Waals surface area contributed by atoms with Crippen molar-refractivity contribution in [3.63, 3.8) is 0 Å². The van der Waals surface area contributed by atoms with E-state index in [0.29, 0.717) is 5.92 Å². The fourth-order valence-electron chi connectivity index (χ4n) is 2.78. The zero-order valence-corrected chi connectivity index (χ0v) is 13.8. The van der Waals surface area contributed by atoms with Gasteiger partial charge in [0.05, 0.1) is 12.2 Å². The van der Waals surface area contributed by atoms with Gasteiger partial charge in [-0.15, -0.1) is 24.8 Å². The van der Waals surface area contributed by atoms with Gasteiger partial charge in [0.25, 0.3) is 0 Å². The molecule has 1 aliphatic carbocycles. The molecule has 1 unspecified atom stereocenters. The lowest BCUT2D eigenvalue weighted by molar-refractivity contribution is -0.0305. The molecule has 0 aromatic heterocycles. The minimum absolute atomic E-state index is 0. The number of hydrogen-bond acceptors (Lipinski definition) is 3. The van der Waals surface area contributed by atoms with E-state index in [-0.39, 0.29) is 36.8 Å². The molecule has 0 aromatic rings. The third-order valence-corrected chi connectivity index (χ3v) is 4.35. The maximum atomic E-state index is 10.0. The van der Waals surface area contributed by atoms with E-state index in [9.17, 15) is 10.2 Å². The van der Waals surface area contributed by atoms with Crippen LogP contribution >= 0.6 is 24.8 Å². The molecule has 3 nitrogen and oxygen atoms in total. The lowest BCUT2D eigenvalue weighted by Crippen LogP contribution is -2.46. The van der Waals surface area contributed by atoms with E-state index in [0.717, 1.165) is 12.8 Å². The van der Waals surface area contributed by atoms with Gasteiger partial charge in [0.15, 0.2) is 0 Å². The van der Waals surface area contributed by atoms with Crippen molar-refractivity contribution in [2.24, 2.45) is 17.6 Å². The van der Waals surface area contributed by atoms with E-state index in [4.69, 9.17) is 5.73 Å². The van der Waals surface area contributed by atoms with Crippen LogP contribution in [0.4, 0.5) is 0 Å². The first-order valence-corrected chi connectivity index (χ1v) is 7.18. The highest BCUT2D eigenvalue weighted by Crippen LogP contribution is 2.28. The minimum atomic E-state index is -0.771. The Morgan fingerprint density at radius 1 is 1.05 bits per heavy atom. The Hall–Kier alpha value is 0.460. The van der Waals surface area contributed by atoms with E-state index in [1.807, 2.05) is 13.8 Å². The van der Waals surface area contributed by atoms with Gasteiger partial charge in [0.1, 0.15) is 0 Å². The van der Waals surface area contributed by atoms with Gasteiger partial charge >= 0.3 is 0 Å². The highest BCUT2D eigenvalue weighted by Gasteiger charge is 2.29. The summed E-state index contributed by atoms with van der Waals surface area (Å²) in [6.07, 6.45) is 6.67. The maximum Gasteiger partial charge on any atom is 0.0952 e. The molecule has 4 N–H and O–H groups in total. The first kappa shape index (κ1) is 21.8. The average Bonchev–Trinajstić information content (AvgIpc) is 2.37. The molecule has 0 radical (unpaired) electrons. The number of aliphatic hydroxyl groups is 2. The summed E-state index contributed by atoms with van der Waals surface area (Å²) in [5.74, 6) is 0.764. The van der Waals surface area contributed by atoms with Crippen LogP contribution in [-0.4, -0.2) is 28.5 Å². The first-order valence-electron chi connectivity index (χ1n) is 7.18. The molecule has 0 amide bonds. The first-order chi connectivity index (χ1) is 8.06. The molecule has 1 aliphatic rings. The SMILES string of the molecule is CCC(C)[C@H](O)[C@H](O)[C@@H](N)CC1CCCCC1.Cl.Cl. The number of nitrogens with two attached hydrogens (primary N) is 1. The fraction of sp³-hybridized carbons (Fsp3) is 1.00. The van der Waals surface area contributed by atoms with Crippen LogP contribution in [0.25, 0.3) is 0 Å². The Kier molecular flexibility index (Phi) is 12.8. The Bertz CT molecular complexity index is 214. The molecule has 0 saturated heterocycles. The zero-order chi connectivity index (χ0) is 12.8. The van der Waals surface area contributed by atoms with Crippen molar-refractivity contribution in [2.45, 2.75) is 77.0 Å². The molecule has 1 saturated carbocycles. The molecular formula is C14H31Cl2NO2. The highest BCUT2D eigenvalue weighted by molar-refractivity contribution is 5.85. The van der Waals surface area contributed by atoms with E-state index >= 15 is 0 Å². The summed E-state index contributed by atoms with van der Waals surface area (Å²) in [5.41, 5.74) is 6.03. The lowest BCUT2D eigenvalue weighted by atomic mass is 9.82. The van der Waals surface area contributed by atoms with Crippen LogP contribution in [0.2, 0.25) is 0 Å². The van der Waals surface area contributed by atoms with Crippen molar-refractivity contribution in [1.29, 1.82) is 0 Å². The number of halogens is 2. The second-order valence-corrected chi connectivity index (χ2v) is 5.77. The molecule has 0 aromatic carbocycles. The van der Waals surface area contributed by atoms with Crippen molar-refractivity contribution < 1.29 is 10.2 Å². The predicted octanol–water partition coefficient (Wildman–Crippen LogP) is 2.90. The third-order valence-electron chi connectivity index (χ3n) is 4.35. The Balaban J connectivity index is 0. The molecular weight excluding hydrogens is 285 g/mol. The van der Waals surface area contributed by atoms with Crippen LogP contribution in [0, 0.1) is 11.8 Å². The molecule has 118 valence electrons. The summed E-state index contributed by atoms with van der Waals surface area (Å²) in [7, 11) is 0. The molecule has 19 heavy (non-hydrogen) atoms. The van der Waals surface area contributed by atoms with Gasteiger partial charge in [-0.3, -0.25) is 0 Å². The molecule has 0 aliphatic heterocycles. The Labute approximate surface area is 130 Å². The lowest BCUT2D eigenvalue weighted by Gasteiger charge is -2.31. The molecule has 1 fully saturated rings. The summed E-state index contributed by atoms with van der Waals surface area (Å²) in [6.45, 7) is 3.98. The zero-order valence-electron chi connectivity index (χ0n) is 12.1. The average molecular weight is 316 g/mol. The van der Waals surface area contributed by atoms with E-state index in [1.165, 1.54) is 32.1 Å². The van der Waals surface area contributed by atoms with Crippen LogP contribution in [0.1, 0.15) is 58.8 Å². The van der Waals surface area contributed by atoms with E-state index < -0.39 is 12.2 Å². The van der Waals surface area contributed by atoms with Crippen molar-refractivity contribution in [3.05, 3.63) is 0 Å². The van der Waals surface area contributed by atoms with E-state index in [1.54, 1.807) is 0 Å². The molecule has 0 bridgehead atoms. The Morgan fingerprint density at radius 2 is 1.58 bits per heavy atom. The van der Waals surface area contributed by atoms with Gasteiger partial charge in [-0.05, 0) is 18.3 Å². The standard InChI is InChI=1S/C14H29NO2.2ClH/c1-3-10(2)13(16)14(17)12(15)9-11-7-5-4-6-8-11;;/h10-14,16-17H,3-9,15H2,1-2H3;2*1H/t10?,12-,13-,14+;;/m0../s1. The second-order valence-electron chi connectivity index (χ2n) is 5.77. The molecule has 4 atom stereocenters. The summed E-state index contributed by atoms with van der Waals surface area (Å²) in [4.78, 5) is 0. The summed E-state index contributed by atoms with van der Waals surface area (Å²) >= 11 is 0. The number of aliphatic hydroxyl groups excluding tert-OH is 2. The van der Waals surface area contributed by atoms with Crippen LogP contribution in [0.5, 0.6) is 0 Å². The van der Waals surface area contributed by atoms with Crippen LogP contribution in [-0.2, 0) is 0 Å². The quantitative estimate of drug-likeness (QED) is 0.706. The van der Waals surface area contributed by atoms with Gasteiger partial charge < -0.3 is 15.9 Å². The van der Waals surface area contributed by atoms with Gasteiger partial charge in [-0.2, -0.15) is 0 Å². The van der Waals surface area contributed by atoms with Gasteiger partial charge in [0, 0.05) is 6.04 Å². The van der Waals surface area contributed by atoms with Gasteiger partial charge in [-0.1, -0.05) is 52.4 Å². The monoisotopic (exact) mass is 315 g/mol. The number of hydrogen-bond donors (Lipinski definition) is 3. The third kappa shape index (κ3) is 7.14.